The monoisotopic (exact) mass is 177 g/mol. The van der Waals surface area contributed by atoms with Crippen LogP contribution in [0, 0.1) is 5.92 Å². The lowest BCUT2D eigenvalue weighted by atomic mass is 10.1. The minimum absolute atomic E-state index is 0.510. The first-order valence-electron chi connectivity index (χ1n) is 4.34. The predicted molar refractivity (Wildman–Crippen MR) is 52.3 cm³/mol. The van der Waals surface area contributed by atoms with Gasteiger partial charge in [0.15, 0.2) is 0 Å². The van der Waals surface area contributed by atoms with Gasteiger partial charge in [-0.1, -0.05) is 13.8 Å². The Bertz CT molecular complexity index is 93.6. The van der Waals surface area contributed by atoms with E-state index in [1.165, 1.54) is 6.42 Å². The van der Waals surface area contributed by atoms with Gasteiger partial charge in [0.05, 0.1) is 0 Å². The van der Waals surface area contributed by atoms with Crippen molar-refractivity contribution in [3.63, 3.8) is 0 Å². The molecule has 0 aliphatic carbocycles. The molecule has 1 nitrogen and oxygen atoms in total. The van der Waals surface area contributed by atoms with Gasteiger partial charge in [0.25, 0.3) is 0 Å². The van der Waals surface area contributed by atoms with Crippen molar-refractivity contribution in [2.24, 2.45) is 5.92 Å². The lowest BCUT2D eigenvalue weighted by Crippen LogP contribution is -2.31. The van der Waals surface area contributed by atoms with Crippen molar-refractivity contribution >= 4 is 11.6 Å². The third-order valence-corrected chi connectivity index (χ3v) is 2.48. The fourth-order valence-corrected chi connectivity index (χ4v) is 1.04. The number of hydrogen-bond acceptors (Lipinski definition) is 1. The van der Waals surface area contributed by atoms with Crippen molar-refractivity contribution in [1.82, 2.24) is 4.90 Å². The molecular formula is C9H20ClN. The third-order valence-electron chi connectivity index (χ3n) is 2.03. The number of alkyl halides is 1. The topological polar surface area (TPSA) is 3.24 Å². The Morgan fingerprint density at radius 1 is 1.27 bits per heavy atom. The van der Waals surface area contributed by atoms with Crippen LogP contribution in [0.3, 0.4) is 0 Å². The normalized spacial score (nSPS) is 14.5. The van der Waals surface area contributed by atoms with E-state index in [9.17, 15) is 0 Å². The van der Waals surface area contributed by atoms with Gasteiger partial charge in [-0.3, -0.25) is 0 Å². The zero-order valence-corrected chi connectivity index (χ0v) is 8.86. The van der Waals surface area contributed by atoms with Crippen LogP contribution in [0.15, 0.2) is 0 Å². The summed E-state index contributed by atoms with van der Waals surface area (Å²) in [5, 5.41) is 0. The highest BCUT2D eigenvalue weighted by Gasteiger charge is 2.07. The minimum atomic E-state index is 0.510. The largest absolute Gasteiger partial charge is 0.302 e. The lowest BCUT2D eigenvalue weighted by molar-refractivity contribution is 0.260. The SMILES string of the molecule is CC(C)CCN(C)C(C)CCl. The Labute approximate surface area is 75.7 Å². The molecule has 11 heavy (non-hydrogen) atoms. The standard InChI is InChI=1S/C9H20ClN/c1-8(2)5-6-11(4)9(3)7-10/h8-9H,5-7H2,1-4H3. The molecule has 0 bridgehead atoms. The van der Waals surface area contributed by atoms with Gasteiger partial charge in [-0.2, -0.15) is 0 Å². The maximum Gasteiger partial charge on any atom is 0.0376 e. The quantitative estimate of drug-likeness (QED) is 0.584. The van der Waals surface area contributed by atoms with E-state index in [1.54, 1.807) is 0 Å². The average molecular weight is 178 g/mol. The Morgan fingerprint density at radius 3 is 2.18 bits per heavy atom. The summed E-state index contributed by atoms with van der Waals surface area (Å²) in [5.74, 6) is 1.52. The maximum absolute atomic E-state index is 5.72. The Balaban J connectivity index is 3.43. The van der Waals surface area contributed by atoms with Gasteiger partial charge in [0.1, 0.15) is 0 Å². The van der Waals surface area contributed by atoms with Gasteiger partial charge < -0.3 is 4.90 Å². The molecule has 0 aromatic rings. The Kier molecular flexibility index (Phi) is 5.98. The smallest absolute Gasteiger partial charge is 0.0376 e. The summed E-state index contributed by atoms with van der Waals surface area (Å²) in [6, 6.07) is 0.510. The number of rotatable bonds is 5. The van der Waals surface area contributed by atoms with E-state index < -0.39 is 0 Å². The first kappa shape index (κ1) is 11.2. The number of hydrogen-bond donors (Lipinski definition) is 0. The second kappa shape index (κ2) is 5.84. The molecule has 0 aliphatic heterocycles. The third kappa shape index (κ3) is 5.51. The summed E-state index contributed by atoms with van der Waals surface area (Å²) in [5.41, 5.74) is 0. The summed E-state index contributed by atoms with van der Waals surface area (Å²) in [6.45, 7) is 7.82. The van der Waals surface area contributed by atoms with Crippen LogP contribution in [0.4, 0.5) is 0 Å². The van der Waals surface area contributed by atoms with E-state index >= 15 is 0 Å². The molecule has 68 valence electrons. The zero-order chi connectivity index (χ0) is 8.85. The number of halogens is 1. The molecule has 0 N–H and O–H groups in total. The lowest BCUT2D eigenvalue weighted by Gasteiger charge is -2.23. The minimum Gasteiger partial charge on any atom is -0.302 e. The van der Waals surface area contributed by atoms with E-state index in [0.29, 0.717) is 6.04 Å². The first-order valence-corrected chi connectivity index (χ1v) is 4.87. The first-order chi connectivity index (χ1) is 5.07. The van der Waals surface area contributed by atoms with E-state index in [-0.39, 0.29) is 0 Å². The van der Waals surface area contributed by atoms with Gasteiger partial charge in [0.2, 0.25) is 0 Å². The van der Waals surface area contributed by atoms with Crippen LogP contribution in [0.2, 0.25) is 0 Å². The molecule has 0 spiro atoms. The summed E-state index contributed by atoms with van der Waals surface area (Å²) >= 11 is 5.72. The molecule has 1 unspecified atom stereocenters. The van der Waals surface area contributed by atoms with E-state index in [2.05, 4.69) is 32.7 Å². The van der Waals surface area contributed by atoms with Crippen LogP contribution >= 0.6 is 11.6 Å². The highest BCUT2D eigenvalue weighted by atomic mass is 35.5. The molecule has 0 fully saturated rings. The zero-order valence-electron chi connectivity index (χ0n) is 8.10. The molecule has 0 aliphatic rings. The molecule has 0 rings (SSSR count). The van der Waals surface area contributed by atoms with Crippen molar-refractivity contribution in [2.45, 2.75) is 33.2 Å². The van der Waals surface area contributed by atoms with Crippen LogP contribution in [0.25, 0.3) is 0 Å². The Morgan fingerprint density at radius 2 is 1.82 bits per heavy atom. The molecule has 0 aromatic carbocycles. The van der Waals surface area contributed by atoms with E-state index in [0.717, 1.165) is 18.3 Å². The molecule has 0 heterocycles. The second-order valence-corrected chi connectivity index (χ2v) is 3.98. The van der Waals surface area contributed by atoms with Crippen molar-refractivity contribution in [2.75, 3.05) is 19.5 Å². The van der Waals surface area contributed by atoms with Crippen LogP contribution in [0.1, 0.15) is 27.2 Å². The fraction of sp³-hybridized carbons (Fsp3) is 1.00. The average Bonchev–Trinajstić information content (AvgIpc) is 1.98. The van der Waals surface area contributed by atoms with Crippen molar-refractivity contribution in [3.05, 3.63) is 0 Å². The maximum atomic E-state index is 5.72. The van der Waals surface area contributed by atoms with Crippen LogP contribution in [0.5, 0.6) is 0 Å². The summed E-state index contributed by atoms with van der Waals surface area (Å²) < 4.78 is 0. The highest BCUT2D eigenvalue weighted by molar-refractivity contribution is 6.18. The van der Waals surface area contributed by atoms with E-state index in [4.69, 9.17) is 11.6 Å². The summed E-state index contributed by atoms with van der Waals surface area (Å²) in [4.78, 5) is 2.31. The molecule has 0 aromatic heterocycles. The molecule has 1 atom stereocenters. The van der Waals surface area contributed by atoms with Crippen LogP contribution < -0.4 is 0 Å². The molecule has 2 heteroatoms. The Hall–Kier alpha value is 0.250. The van der Waals surface area contributed by atoms with Crippen LogP contribution in [-0.2, 0) is 0 Å². The highest BCUT2D eigenvalue weighted by Crippen LogP contribution is 2.04. The molecule has 0 amide bonds. The molecular weight excluding hydrogens is 158 g/mol. The van der Waals surface area contributed by atoms with Crippen molar-refractivity contribution in [3.8, 4) is 0 Å². The summed E-state index contributed by atoms with van der Waals surface area (Å²) in [6.07, 6.45) is 1.26. The number of nitrogens with zero attached hydrogens (tertiary/aromatic N) is 1. The fourth-order valence-electron chi connectivity index (χ4n) is 0.800. The second-order valence-electron chi connectivity index (χ2n) is 3.67. The summed E-state index contributed by atoms with van der Waals surface area (Å²) in [7, 11) is 2.13. The van der Waals surface area contributed by atoms with Crippen molar-refractivity contribution in [1.29, 1.82) is 0 Å². The van der Waals surface area contributed by atoms with Gasteiger partial charge in [-0.15, -0.1) is 11.6 Å². The van der Waals surface area contributed by atoms with Gasteiger partial charge in [-0.05, 0) is 32.9 Å². The van der Waals surface area contributed by atoms with Crippen LogP contribution in [-0.4, -0.2) is 30.4 Å². The van der Waals surface area contributed by atoms with Gasteiger partial charge in [-0.25, -0.2) is 0 Å². The van der Waals surface area contributed by atoms with E-state index in [1.807, 2.05) is 0 Å². The molecule has 0 saturated carbocycles. The predicted octanol–water partition coefficient (Wildman–Crippen LogP) is 2.59. The van der Waals surface area contributed by atoms with Gasteiger partial charge >= 0.3 is 0 Å². The van der Waals surface area contributed by atoms with Crippen molar-refractivity contribution < 1.29 is 0 Å². The molecule has 0 saturated heterocycles. The van der Waals surface area contributed by atoms with Gasteiger partial charge in [0, 0.05) is 11.9 Å². The molecule has 0 radical (unpaired) electrons.